The van der Waals surface area contributed by atoms with Gasteiger partial charge >= 0.3 is 0 Å². The summed E-state index contributed by atoms with van der Waals surface area (Å²) in [6.07, 6.45) is 0.124. The third kappa shape index (κ3) is 5.18. The molecule has 2 amide bonds. The van der Waals surface area contributed by atoms with E-state index < -0.39 is 6.04 Å². The summed E-state index contributed by atoms with van der Waals surface area (Å²) in [7, 11) is 0. The lowest BCUT2D eigenvalue weighted by molar-refractivity contribution is -0.120. The van der Waals surface area contributed by atoms with Crippen molar-refractivity contribution in [3.63, 3.8) is 0 Å². The van der Waals surface area contributed by atoms with Crippen molar-refractivity contribution in [2.75, 3.05) is 5.32 Å². The van der Waals surface area contributed by atoms with Gasteiger partial charge in [-0.1, -0.05) is 54.1 Å². The number of carbonyl (C=O) groups is 2. The van der Waals surface area contributed by atoms with Crippen molar-refractivity contribution in [2.24, 2.45) is 0 Å². The van der Waals surface area contributed by atoms with Crippen LogP contribution in [0.1, 0.15) is 29.8 Å². The Morgan fingerprint density at radius 2 is 1.79 bits per heavy atom. The summed E-state index contributed by atoms with van der Waals surface area (Å²) in [5, 5.41) is 6.87. The molecular formula is C21H20ClN3O2S. The summed E-state index contributed by atoms with van der Waals surface area (Å²) in [6.45, 7) is 3.40. The second-order valence-electron chi connectivity index (χ2n) is 6.35. The SMILES string of the molecule is CC(=O)N[C@@H](CC(=O)Nc1nc(-c2ccc(Cl)cc2)c(C)s1)c1ccccc1. The Labute approximate surface area is 172 Å². The summed E-state index contributed by atoms with van der Waals surface area (Å²) >= 11 is 7.36. The molecule has 0 aliphatic rings. The molecule has 5 nitrogen and oxygen atoms in total. The van der Waals surface area contributed by atoms with E-state index in [4.69, 9.17) is 11.6 Å². The van der Waals surface area contributed by atoms with E-state index in [9.17, 15) is 9.59 Å². The molecule has 0 radical (unpaired) electrons. The van der Waals surface area contributed by atoms with E-state index in [1.54, 1.807) is 0 Å². The molecule has 0 aliphatic heterocycles. The number of amides is 2. The largest absolute Gasteiger partial charge is 0.349 e. The lowest BCUT2D eigenvalue weighted by Crippen LogP contribution is -2.29. The molecule has 0 fully saturated rings. The minimum absolute atomic E-state index is 0.124. The monoisotopic (exact) mass is 413 g/mol. The van der Waals surface area contributed by atoms with Crippen molar-refractivity contribution < 1.29 is 9.59 Å². The Morgan fingerprint density at radius 3 is 2.43 bits per heavy atom. The minimum Gasteiger partial charge on any atom is -0.349 e. The summed E-state index contributed by atoms with van der Waals surface area (Å²) in [5.74, 6) is -0.393. The molecule has 28 heavy (non-hydrogen) atoms. The fourth-order valence-corrected chi connectivity index (χ4v) is 3.84. The summed E-state index contributed by atoms with van der Waals surface area (Å²) in [4.78, 5) is 29.6. The van der Waals surface area contributed by atoms with Gasteiger partial charge < -0.3 is 10.6 Å². The van der Waals surface area contributed by atoms with Gasteiger partial charge in [-0.05, 0) is 24.6 Å². The summed E-state index contributed by atoms with van der Waals surface area (Å²) in [6, 6.07) is 16.5. The quantitative estimate of drug-likeness (QED) is 0.598. The van der Waals surface area contributed by atoms with Crippen LogP contribution in [0.2, 0.25) is 5.02 Å². The topological polar surface area (TPSA) is 71.1 Å². The molecule has 1 atom stereocenters. The first kappa shape index (κ1) is 20.0. The van der Waals surface area contributed by atoms with Gasteiger partial charge in [-0.3, -0.25) is 9.59 Å². The van der Waals surface area contributed by atoms with Gasteiger partial charge in [-0.2, -0.15) is 0 Å². The summed E-state index contributed by atoms with van der Waals surface area (Å²) in [5.41, 5.74) is 2.64. The van der Waals surface area contributed by atoms with Crippen molar-refractivity contribution in [3.05, 3.63) is 70.1 Å². The van der Waals surface area contributed by atoms with E-state index >= 15 is 0 Å². The van der Waals surface area contributed by atoms with E-state index in [-0.39, 0.29) is 18.2 Å². The number of aromatic nitrogens is 1. The van der Waals surface area contributed by atoms with Crippen LogP contribution in [0.3, 0.4) is 0 Å². The van der Waals surface area contributed by atoms with Crippen molar-refractivity contribution in [2.45, 2.75) is 26.3 Å². The van der Waals surface area contributed by atoms with Gasteiger partial charge in [0, 0.05) is 22.4 Å². The van der Waals surface area contributed by atoms with Crippen molar-refractivity contribution in [1.29, 1.82) is 0 Å². The number of aryl methyl sites for hydroxylation is 1. The third-order valence-corrected chi connectivity index (χ3v) is 5.27. The Kier molecular flexibility index (Phi) is 6.44. The van der Waals surface area contributed by atoms with Crippen LogP contribution in [0, 0.1) is 6.92 Å². The predicted molar refractivity (Wildman–Crippen MR) is 114 cm³/mol. The number of hydrogen-bond donors (Lipinski definition) is 2. The molecule has 3 rings (SSSR count). The van der Waals surface area contributed by atoms with Crippen molar-refractivity contribution in [3.8, 4) is 11.3 Å². The standard InChI is InChI=1S/C21H20ClN3O2S/c1-13-20(16-8-10-17(22)11-9-16)25-21(28-13)24-19(27)12-18(23-14(2)26)15-6-4-3-5-7-15/h3-11,18H,12H2,1-2H3,(H,23,26)(H,24,25,27)/t18-/m0/s1. The second kappa shape index (κ2) is 8.99. The molecular weight excluding hydrogens is 394 g/mol. The van der Waals surface area contributed by atoms with Crippen LogP contribution in [0.15, 0.2) is 54.6 Å². The van der Waals surface area contributed by atoms with Crippen LogP contribution in [0.25, 0.3) is 11.3 Å². The van der Waals surface area contributed by atoms with Crippen LogP contribution in [-0.2, 0) is 9.59 Å². The van der Waals surface area contributed by atoms with E-state index in [0.717, 1.165) is 21.7 Å². The Bertz CT molecular complexity index is 971. The highest BCUT2D eigenvalue weighted by Crippen LogP contribution is 2.31. The average Bonchev–Trinajstić information content (AvgIpc) is 3.02. The zero-order chi connectivity index (χ0) is 20.1. The number of anilines is 1. The normalized spacial score (nSPS) is 11.7. The minimum atomic E-state index is -0.393. The highest BCUT2D eigenvalue weighted by Gasteiger charge is 2.18. The number of halogens is 1. The zero-order valence-electron chi connectivity index (χ0n) is 15.5. The fourth-order valence-electron chi connectivity index (χ4n) is 2.86. The molecule has 144 valence electrons. The number of thiazole rings is 1. The highest BCUT2D eigenvalue weighted by atomic mass is 35.5. The Hall–Kier alpha value is -2.70. The van der Waals surface area contributed by atoms with Crippen LogP contribution in [-0.4, -0.2) is 16.8 Å². The molecule has 0 bridgehead atoms. The first-order valence-corrected chi connectivity index (χ1v) is 9.97. The number of nitrogens with zero attached hydrogens (tertiary/aromatic N) is 1. The van der Waals surface area contributed by atoms with Gasteiger partial charge in [0.1, 0.15) is 0 Å². The maximum absolute atomic E-state index is 12.6. The van der Waals surface area contributed by atoms with E-state index in [1.165, 1.54) is 18.3 Å². The Morgan fingerprint density at radius 1 is 1.11 bits per heavy atom. The molecule has 1 heterocycles. The first-order chi connectivity index (χ1) is 13.4. The molecule has 0 saturated heterocycles. The molecule has 2 aromatic carbocycles. The molecule has 0 saturated carbocycles. The molecule has 0 aliphatic carbocycles. The predicted octanol–water partition coefficient (Wildman–Crippen LogP) is 4.98. The highest BCUT2D eigenvalue weighted by molar-refractivity contribution is 7.16. The van der Waals surface area contributed by atoms with Crippen LogP contribution in [0.5, 0.6) is 0 Å². The molecule has 7 heteroatoms. The third-order valence-electron chi connectivity index (χ3n) is 4.13. The first-order valence-electron chi connectivity index (χ1n) is 8.77. The fraction of sp³-hybridized carbons (Fsp3) is 0.190. The lowest BCUT2D eigenvalue weighted by atomic mass is 10.0. The molecule has 2 N–H and O–H groups in total. The number of benzene rings is 2. The zero-order valence-corrected chi connectivity index (χ0v) is 17.1. The Balaban J connectivity index is 1.72. The van der Waals surface area contributed by atoms with E-state index in [2.05, 4.69) is 15.6 Å². The van der Waals surface area contributed by atoms with Gasteiger partial charge in [0.15, 0.2) is 5.13 Å². The van der Waals surface area contributed by atoms with Gasteiger partial charge in [-0.25, -0.2) is 4.98 Å². The second-order valence-corrected chi connectivity index (χ2v) is 7.99. The number of nitrogens with one attached hydrogen (secondary N) is 2. The summed E-state index contributed by atoms with van der Waals surface area (Å²) < 4.78 is 0. The van der Waals surface area contributed by atoms with E-state index in [0.29, 0.717) is 10.2 Å². The smallest absolute Gasteiger partial charge is 0.228 e. The molecule has 1 aromatic heterocycles. The maximum Gasteiger partial charge on any atom is 0.228 e. The van der Waals surface area contributed by atoms with Crippen molar-refractivity contribution in [1.82, 2.24) is 10.3 Å². The maximum atomic E-state index is 12.6. The molecule has 0 spiro atoms. The van der Waals surface area contributed by atoms with Crippen molar-refractivity contribution >= 4 is 39.9 Å². The average molecular weight is 414 g/mol. The van der Waals surface area contributed by atoms with Gasteiger partial charge in [-0.15, -0.1) is 11.3 Å². The number of hydrogen-bond acceptors (Lipinski definition) is 4. The van der Waals surface area contributed by atoms with Gasteiger partial charge in [0.05, 0.1) is 18.2 Å². The van der Waals surface area contributed by atoms with Crippen LogP contribution >= 0.6 is 22.9 Å². The molecule has 3 aromatic rings. The molecule has 0 unspecified atom stereocenters. The van der Waals surface area contributed by atoms with Gasteiger partial charge in [0.25, 0.3) is 0 Å². The van der Waals surface area contributed by atoms with Crippen LogP contribution < -0.4 is 10.6 Å². The number of rotatable bonds is 6. The van der Waals surface area contributed by atoms with Crippen LogP contribution in [0.4, 0.5) is 5.13 Å². The van der Waals surface area contributed by atoms with Gasteiger partial charge in [0.2, 0.25) is 11.8 Å². The lowest BCUT2D eigenvalue weighted by Gasteiger charge is -2.17. The van der Waals surface area contributed by atoms with E-state index in [1.807, 2.05) is 61.5 Å². The number of carbonyl (C=O) groups excluding carboxylic acids is 2.